The van der Waals surface area contributed by atoms with Gasteiger partial charge in [-0.05, 0) is 32.0 Å². The van der Waals surface area contributed by atoms with Crippen LogP contribution in [0.3, 0.4) is 0 Å². The maximum Gasteiger partial charge on any atom is 0.270 e. The van der Waals surface area contributed by atoms with E-state index >= 15 is 0 Å². The normalized spacial score (nSPS) is 15.4. The van der Waals surface area contributed by atoms with Crippen molar-refractivity contribution in [3.63, 3.8) is 0 Å². The number of rotatable bonds is 8. The number of nitrogens with one attached hydrogen (secondary N) is 3. The Balaban J connectivity index is 1.80. The summed E-state index contributed by atoms with van der Waals surface area (Å²) < 4.78 is 7.39. The summed E-state index contributed by atoms with van der Waals surface area (Å²) in [5.74, 6) is -0.616. The Labute approximate surface area is 201 Å². The van der Waals surface area contributed by atoms with Crippen molar-refractivity contribution in [2.75, 3.05) is 50.0 Å². The molecule has 0 unspecified atom stereocenters. The SMILES string of the molecule is CCNC(=O)C(C#N)=c1sc(=CNc2cccc(NC(=O)CN3CCOCC3)c2)c(=O)n1CC. The van der Waals surface area contributed by atoms with E-state index in [9.17, 15) is 19.6 Å². The van der Waals surface area contributed by atoms with E-state index in [-0.39, 0.29) is 17.0 Å². The predicted octanol–water partition coefficient (Wildman–Crippen LogP) is -0.139. The molecule has 1 saturated heterocycles. The van der Waals surface area contributed by atoms with Crippen LogP contribution in [0.15, 0.2) is 29.1 Å². The smallest absolute Gasteiger partial charge is 0.270 e. The molecule has 3 N–H and O–H groups in total. The summed E-state index contributed by atoms with van der Waals surface area (Å²) in [5, 5.41) is 18.0. The van der Waals surface area contributed by atoms with Crippen molar-refractivity contribution >= 4 is 46.3 Å². The second kappa shape index (κ2) is 12.1. The fourth-order valence-electron chi connectivity index (χ4n) is 3.44. The Morgan fingerprint density at radius 3 is 2.65 bits per heavy atom. The van der Waals surface area contributed by atoms with Crippen molar-refractivity contribution in [3.05, 3.63) is 43.8 Å². The molecule has 180 valence electrons. The number of nitrogens with zero attached hydrogens (tertiary/aromatic N) is 3. The second-order valence-corrected chi connectivity index (χ2v) is 8.50. The Morgan fingerprint density at radius 1 is 1.24 bits per heavy atom. The summed E-state index contributed by atoms with van der Waals surface area (Å²) in [6.45, 7) is 7.26. The Morgan fingerprint density at radius 2 is 1.97 bits per heavy atom. The van der Waals surface area contributed by atoms with Gasteiger partial charge in [0.2, 0.25) is 5.91 Å². The number of benzene rings is 1. The van der Waals surface area contributed by atoms with Crippen LogP contribution in [-0.2, 0) is 20.9 Å². The predicted molar refractivity (Wildman–Crippen MR) is 132 cm³/mol. The fourth-order valence-corrected chi connectivity index (χ4v) is 4.52. The van der Waals surface area contributed by atoms with Gasteiger partial charge in [-0.25, -0.2) is 0 Å². The number of aromatic nitrogens is 1. The highest BCUT2D eigenvalue weighted by Crippen LogP contribution is 2.15. The van der Waals surface area contributed by atoms with Gasteiger partial charge in [0.1, 0.15) is 15.3 Å². The summed E-state index contributed by atoms with van der Waals surface area (Å²) in [6, 6.07) is 9.07. The van der Waals surface area contributed by atoms with Gasteiger partial charge in [-0.3, -0.25) is 23.9 Å². The van der Waals surface area contributed by atoms with E-state index in [1.54, 1.807) is 38.2 Å². The zero-order valence-electron chi connectivity index (χ0n) is 19.2. The van der Waals surface area contributed by atoms with E-state index in [1.165, 1.54) is 4.57 Å². The lowest BCUT2D eigenvalue weighted by atomic mass is 10.2. The van der Waals surface area contributed by atoms with Crippen molar-refractivity contribution in [2.24, 2.45) is 0 Å². The first-order valence-electron chi connectivity index (χ1n) is 11.1. The lowest BCUT2D eigenvalue weighted by molar-refractivity contribution is -0.118. The molecule has 1 aliphatic heterocycles. The largest absolute Gasteiger partial charge is 0.379 e. The standard InChI is InChI=1S/C23H28N6O4S/c1-3-25-21(31)18(13-24)23-29(4-2)22(32)19(34-23)14-26-16-6-5-7-17(12-16)27-20(30)15-28-8-10-33-11-9-28/h5-7,12,14,26H,3-4,8-11,15H2,1-2H3,(H,25,31)(H,27,30). The molecule has 0 aliphatic carbocycles. The van der Waals surface area contributed by atoms with E-state index in [1.807, 2.05) is 17.0 Å². The molecule has 11 heteroatoms. The highest BCUT2D eigenvalue weighted by molar-refractivity contribution is 7.07. The summed E-state index contributed by atoms with van der Waals surface area (Å²) in [7, 11) is 0. The van der Waals surface area contributed by atoms with E-state index in [0.717, 1.165) is 24.4 Å². The third-order valence-corrected chi connectivity index (χ3v) is 6.23. The molecule has 2 amide bonds. The number of carbonyl (C=O) groups is 2. The third kappa shape index (κ3) is 6.32. The maximum absolute atomic E-state index is 12.8. The van der Waals surface area contributed by atoms with Gasteiger partial charge in [-0.2, -0.15) is 5.26 Å². The molecule has 0 bridgehead atoms. The second-order valence-electron chi connectivity index (χ2n) is 7.47. The summed E-state index contributed by atoms with van der Waals surface area (Å²) in [4.78, 5) is 39.5. The van der Waals surface area contributed by atoms with Gasteiger partial charge in [0.15, 0.2) is 5.57 Å². The van der Waals surface area contributed by atoms with E-state index in [0.29, 0.717) is 53.4 Å². The van der Waals surface area contributed by atoms with Crippen molar-refractivity contribution < 1.29 is 14.3 Å². The molecule has 1 aromatic heterocycles. The maximum atomic E-state index is 12.8. The third-order valence-electron chi connectivity index (χ3n) is 5.10. The molecule has 0 saturated carbocycles. The van der Waals surface area contributed by atoms with Crippen LogP contribution in [0.4, 0.5) is 11.4 Å². The first-order chi connectivity index (χ1) is 16.5. The lowest BCUT2D eigenvalue weighted by Crippen LogP contribution is -2.41. The Hall–Kier alpha value is -3.46. The highest BCUT2D eigenvalue weighted by Gasteiger charge is 2.15. The number of morpholine rings is 1. The van der Waals surface area contributed by atoms with Gasteiger partial charge in [0.05, 0.1) is 19.8 Å². The number of ether oxygens (including phenoxy) is 1. The highest BCUT2D eigenvalue weighted by atomic mass is 32.1. The van der Waals surface area contributed by atoms with E-state index in [2.05, 4.69) is 16.0 Å². The molecule has 1 fully saturated rings. The molecule has 1 aromatic carbocycles. The van der Waals surface area contributed by atoms with Crippen molar-refractivity contribution in [1.29, 1.82) is 5.26 Å². The minimum absolute atomic E-state index is 0.0876. The number of hydrogen-bond donors (Lipinski definition) is 3. The average molecular weight is 485 g/mol. The molecule has 2 aromatic rings. The number of thiazole rings is 1. The van der Waals surface area contributed by atoms with Crippen LogP contribution in [0.2, 0.25) is 0 Å². The van der Waals surface area contributed by atoms with E-state index < -0.39 is 5.91 Å². The Bertz CT molecular complexity index is 1250. The fraction of sp³-hybridized carbons (Fsp3) is 0.391. The number of hydrogen-bond acceptors (Lipinski definition) is 8. The minimum Gasteiger partial charge on any atom is -0.379 e. The molecular weight excluding hydrogens is 456 g/mol. The van der Waals surface area contributed by atoms with Gasteiger partial charge in [-0.15, -0.1) is 11.3 Å². The molecule has 34 heavy (non-hydrogen) atoms. The van der Waals surface area contributed by atoms with Gasteiger partial charge in [0, 0.05) is 43.8 Å². The zero-order valence-corrected chi connectivity index (χ0v) is 20.0. The lowest BCUT2D eigenvalue weighted by Gasteiger charge is -2.25. The minimum atomic E-state index is -0.506. The molecule has 3 rings (SSSR count). The number of amides is 2. The molecule has 2 heterocycles. The van der Waals surface area contributed by atoms with Crippen molar-refractivity contribution in [1.82, 2.24) is 14.8 Å². The quantitative estimate of drug-likeness (QED) is 0.476. The first-order valence-corrected chi connectivity index (χ1v) is 11.9. The van der Waals surface area contributed by atoms with Crippen LogP contribution in [-0.4, -0.2) is 60.7 Å². The molecule has 10 nitrogen and oxygen atoms in total. The van der Waals surface area contributed by atoms with E-state index in [4.69, 9.17) is 4.74 Å². The summed E-state index contributed by atoms with van der Waals surface area (Å²) >= 11 is 1.08. The van der Waals surface area contributed by atoms with Crippen molar-refractivity contribution in [2.45, 2.75) is 20.4 Å². The number of carbonyl (C=O) groups excluding carboxylic acids is 2. The van der Waals surface area contributed by atoms with Crippen LogP contribution in [0, 0.1) is 11.3 Å². The monoisotopic (exact) mass is 484 g/mol. The average Bonchev–Trinajstić information content (AvgIpc) is 3.14. The van der Waals surface area contributed by atoms with Gasteiger partial charge < -0.3 is 20.7 Å². The summed E-state index contributed by atoms with van der Waals surface area (Å²) in [6.07, 6.45) is 1.55. The zero-order chi connectivity index (χ0) is 24.5. The molecular formula is C23H28N6O4S. The van der Waals surface area contributed by atoms with Gasteiger partial charge >= 0.3 is 0 Å². The van der Waals surface area contributed by atoms with Crippen molar-refractivity contribution in [3.8, 4) is 6.07 Å². The molecule has 0 radical (unpaired) electrons. The van der Waals surface area contributed by atoms with Crippen LogP contribution in [0.25, 0.3) is 11.8 Å². The topological polar surface area (TPSA) is 128 Å². The van der Waals surface area contributed by atoms with Gasteiger partial charge in [-0.1, -0.05) is 6.07 Å². The van der Waals surface area contributed by atoms with Crippen LogP contribution < -0.4 is 30.7 Å². The van der Waals surface area contributed by atoms with Crippen LogP contribution in [0.1, 0.15) is 13.8 Å². The molecule has 0 atom stereocenters. The number of nitriles is 1. The number of anilines is 2. The van der Waals surface area contributed by atoms with Gasteiger partial charge in [0.25, 0.3) is 11.5 Å². The Kier molecular flexibility index (Phi) is 8.98. The molecule has 1 aliphatic rings. The van der Waals surface area contributed by atoms with Crippen LogP contribution >= 0.6 is 11.3 Å². The summed E-state index contributed by atoms with van der Waals surface area (Å²) in [5.41, 5.74) is 0.929. The molecule has 0 spiro atoms. The first kappa shape index (κ1) is 25.2. The van der Waals surface area contributed by atoms with Crippen LogP contribution in [0.5, 0.6) is 0 Å².